The average Bonchev–Trinajstić information content (AvgIpc) is 2.26. The van der Waals surface area contributed by atoms with E-state index in [1.807, 2.05) is 13.8 Å². The first-order valence-corrected chi connectivity index (χ1v) is 4.40. The number of Topliss-reactive ketones (excluding diaryl/α,β-unsaturated/α-hetero) is 1. The zero-order valence-electron chi connectivity index (χ0n) is 8.80. The minimum absolute atomic E-state index is 0.707. The molecule has 0 aromatic heterocycles. The summed E-state index contributed by atoms with van der Waals surface area (Å²) in [6.07, 6.45) is 0. The monoisotopic (exact) mass is 240 g/mol. The quantitative estimate of drug-likeness (QED) is 0.317. The molecule has 0 aliphatic heterocycles. The molecular formula is C10H9F5O. The topological polar surface area (TPSA) is 17.1 Å². The number of carbonyl (C=O) groups is 1. The van der Waals surface area contributed by atoms with Crippen LogP contribution in [-0.2, 0) is 0 Å². The smallest absolute Gasteiger partial charge is 0.200 e. The Hall–Kier alpha value is -1.46. The molecule has 16 heavy (non-hydrogen) atoms. The lowest BCUT2D eigenvalue weighted by Gasteiger charge is -2.04. The van der Waals surface area contributed by atoms with Gasteiger partial charge in [-0.2, -0.15) is 0 Å². The molecule has 0 bridgehead atoms. The van der Waals surface area contributed by atoms with Crippen molar-refractivity contribution in [3.63, 3.8) is 0 Å². The van der Waals surface area contributed by atoms with Gasteiger partial charge in [-0.1, -0.05) is 13.8 Å². The van der Waals surface area contributed by atoms with E-state index >= 15 is 0 Å². The molecule has 1 aromatic carbocycles. The summed E-state index contributed by atoms with van der Waals surface area (Å²) >= 11 is 0. The Balaban J connectivity index is 0.00000106. The fourth-order valence-corrected chi connectivity index (χ4v) is 0.914. The molecule has 1 aromatic rings. The molecule has 1 nitrogen and oxygen atoms in total. The lowest BCUT2D eigenvalue weighted by atomic mass is 10.1. The molecule has 6 heteroatoms. The fourth-order valence-electron chi connectivity index (χ4n) is 0.914. The van der Waals surface area contributed by atoms with Crippen molar-refractivity contribution in [1.82, 2.24) is 0 Å². The number of hydrogen-bond donors (Lipinski definition) is 0. The summed E-state index contributed by atoms with van der Waals surface area (Å²) in [7, 11) is 0. The van der Waals surface area contributed by atoms with Gasteiger partial charge >= 0.3 is 0 Å². The van der Waals surface area contributed by atoms with Crippen LogP contribution in [0.15, 0.2) is 0 Å². The van der Waals surface area contributed by atoms with E-state index in [-0.39, 0.29) is 0 Å². The van der Waals surface area contributed by atoms with E-state index in [1.54, 1.807) is 0 Å². The second kappa shape index (κ2) is 5.58. The number of hydrogen-bond acceptors (Lipinski definition) is 1. The zero-order chi connectivity index (χ0) is 13.0. The van der Waals surface area contributed by atoms with Crippen molar-refractivity contribution in [2.75, 3.05) is 0 Å². The summed E-state index contributed by atoms with van der Waals surface area (Å²) in [4.78, 5) is 10.6. The molecule has 0 amide bonds. The number of carbonyl (C=O) groups excluding carboxylic acids is 1. The van der Waals surface area contributed by atoms with Crippen LogP contribution < -0.4 is 0 Å². The van der Waals surface area contributed by atoms with Gasteiger partial charge in [0.2, 0.25) is 5.82 Å². The Kier molecular flexibility index (Phi) is 5.07. The van der Waals surface area contributed by atoms with Crippen LogP contribution in [0.2, 0.25) is 0 Å². The first-order chi connectivity index (χ1) is 7.37. The fraction of sp³-hybridized carbons (Fsp3) is 0.300. The standard InChI is InChI=1S/C8H3F5O.C2H6/c1-2(14)3-4(9)6(11)8(13)7(12)5(3)10;1-2/h1H3;1-2H3. The molecule has 0 spiro atoms. The van der Waals surface area contributed by atoms with E-state index in [0.717, 1.165) is 0 Å². The van der Waals surface area contributed by atoms with Gasteiger partial charge in [-0.05, 0) is 6.92 Å². The van der Waals surface area contributed by atoms with Crippen LogP contribution in [0, 0.1) is 29.1 Å². The number of rotatable bonds is 1. The van der Waals surface area contributed by atoms with E-state index in [4.69, 9.17) is 0 Å². The maximum atomic E-state index is 12.7. The Morgan fingerprint density at radius 3 is 1.25 bits per heavy atom. The maximum absolute atomic E-state index is 12.7. The molecule has 0 saturated heterocycles. The molecule has 0 aliphatic rings. The molecule has 0 heterocycles. The van der Waals surface area contributed by atoms with E-state index in [0.29, 0.717) is 6.92 Å². The van der Waals surface area contributed by atoms with Crippen LogP contribution >= 0.6 is 0 Å². The van der Waals surface area contributed by atoms with Gasteiger partial charge in [-0.3, -0.25) is 4.79 Å². The lowest BCUT2D eigenvalue weighted by molar-refractivity contribution is 0.100. The number of halogens is 5. The molecule has 0 unspecified atom stereocenters. The SMILES string of the molecule is CC.CC(=O)c1c(F)c(F)c(F)c(F)c1F. The molecule has 1 rings (SSSR count). The highest BCUT2D eigenvalue weighted by Crippen LogP contribution is 2.22. The van der Waals surface area contributed by atoms with Gasteiger partial charge in [0.05, 0.1) is 5.56 Å². The van der Waals surface area contributed by atoms with E-state index in [9.17, 15) is 26.7 Å². The first kappa shape index (κ1) is 14.5. The van der Waals surface area contributed by atoms with Gasteiger partial charge in [0.25, 0.3) is 0 Å². The van der Waals surface area contributed by atoms with Crippen molar-refractivity contribution in [3.8, 4) is 0 Å². The average molecular weight is 240 g/mol. The largest absolute Gasteiger partial charge is 0.294 e. The molecule has 0 aliphatic carbocycles. The molecular weight excluding hydrogens is 231 g/mol. The lowest BCUT2D eigenvalue weighted by Crippen LogP contribution is -2.10. The molecule has 0 fully saturated rings. The van der Waals surface area contributed by atoms with Crippen LogP contribution in [0.4, 0.5) is 22.0 Å². The highest BCUT2D eigenvalue weighted by atomic mass is 19.2. The van der Waals surface area contributed by atoms with Gasteiger partial charge in [0.1, 0.15) is 0 Å². The van der Waals surface area contributed by atoms with E-state index in [2.05, 4.69) is 0 Å². The third-order valence-electron chi connectivity index (χ3n) is 1.56. The highest BCUT2D eigenvalue weighted by Gasteiger charge is 2.27. The number of benzene rings is 1. The maximum Gasteiger partial charge on any atom is 0.200 e. The summed E-state index contributed by atoms with van der Waals surface area (Å²) in [6, 6.07) is 0. The van der Waals surface area contributed by atoms with Crippen molar-refractivity contribution in [1.29, 1.82) is 0 Å². The second-order valence-electron chi connectivity index (χ2n) is 2.50. The minimum atomic E-state index is -2.27. The van der Waals surface area contributed by atoms with Crippen LogP contribution in [-0.4, -0.2) is 5.78 Å². The number of ketones is 1. The minimum Gasteiger partial charge on any atom is -0.294 e. The molecule has 0 N–H and O–H groups in total. The van der Waals surface area contributed by atoms with Crippen LogP contribution in [0.5, 0.6) is 0 Å². The zero-order valence-corrected chi connectivity index (χ0v) is 8.80. The molecule has 0 saturated carbocycles. The summed E-state index contributed by atoms with van der Waals surface area (Å²) in [5.41, 5.74) is -1.42. The normalized spacial score (nSPS) is 9.50. The highest BCUT2D eigenvalue weighted by molar-refractivity contribution is 5.94. The van der Waals surface area contributed by atoms with Crippen molar-refractivity contribution in [2.24, 2.45) is 0 Å². The summed E-state index contributed by atoms with van der Waals surface area (Å²) < 4.78 is 62.7. The van der Waals surface area contributed by atoms with Crippen LogP contribution in [0.1, 0.15) is 31.1 Å². The van der Waals surface area contributed by atoms with Gasteiger partial charge in [0.15, 0.2) is 29.1 Å². The van der Waals surface area contributed by atoms with Gasteiger partial charge in [-0.15, -0.1) is 0 Å². The van der Waals surface area contributed by atoms with Crippen molar-refractivity contribution in [3.05, 3.63) is 34.6 Å². The molecule has 0 atom stereocenters. The van der Waals surface area contributed by atoms with Crippen molar-refractivity contribution < 1.29 is 26.7 Å². The van der Waals surface area contributed by atoms with Gasteiger partial charge < -0.3 is 0 Å². The first-order valence-electron chi connectivity index (χ1n) is 4.40. The molecule has 0 radical (unpaired) electrons. The third kappa shape index (κ3) is 2.37. The van der Waals surface area contributed by atoms with Gasteiger partial charge in [-0.25, -0.2) is 22.0 Å². The Morgan fingerprint density at radius 1 is 0.750 bits per heavy atom. The van der Waals surface area contributed by atoms with E-state index in [1.165, 1.54) is 0 Å². The van der Waals surface area contributed by atoms with Crippen LogP contribution in [0.25, 0.3) is 0 Å². The van der Waals surface area contributed by atoms with Gasteiger partial charge in [0, 0.05) is 0 Å². The third-order valence-corrected chi connectivity index (χ3v) is 1.56. The second-order valence-corrected chi connectivity index (χ2v) is 2.50. The summed E-state index contributed by atoms with van der Waals surface area (Å²) in [5.74, 6) is -11.9. The predicted octanol–water partition coefficient (Wildman–Crippen LogP) is 3.61. The Labute approximate surface area is 88.9 Å². The Bertz CT molecular complexity index is 385. The molecule has 90 valence electrons. The predicted molar refractivity (Wildman–Crippen MR) is 47.6 cm³/mol. The summed E-state index contributed by atoms with van der Waals surface area (Å²) in [6.45, 7) is 4.71. The van der Waals surface area contributed by atoms with Crippen LogP contribution in [0.3, 0.4) is 0 Å². The van der Waals surface area contributed by atoms with E-state index < -0.39 is 40.4 Å². The van der Waals surface area contributed by atoms with Crippen molar-refractivity contribution in [2.45, 2.75) is 20.8 Å². The Morgan fingerprint density at radius 2 is 1.00 bits per heavy atom. The summed E-state index contributed by atoms with van der Waals surface area (Å²) in [5, 5.41) is 0. The van der Waals surface area contributed by atoms with Crippen molar-refractivity contribution >= 4 is 5.78 Å².